The Kier molecular flexibility index (Phi) is 6.95. The number of amides is 2. The highest BCUT2D eigenvalue weighted by Crippen LogP contribution is 2.13. The molecule has 5 nitrogen and oxygen atoms in total. The Morgan fingerprint density at radius 1 is 1.41 bits per heavy atom. The number of carbonyl (C=O) groups is 2. The maximum Gasteiger partial charge on any atom is 0.240 e. The topological polar surface area (TPSA) is 73.2 Å². The molecule has 96 valence electrons. The van der Waals surface area contributed by atoms with Crippen LogP contribution >= 0.6 is 0 Å². The SMILES string of the molecule is CCCN(CC(=O)NC)C(=O)C(C#N)C(C)C. The van der Waals surface area contributed by atoms with Crippen LogP contribution in [0.2, 0.25) is 0 Å². The molecule has 0 saturated heterocycles. The molecule has 0 spiro atoms. The second-order valence-electron chi connectivity index (χ2n) is 4.28. The molecule has 0 radical (unpaired) electrons. The van der Waals surface area contributed by atoms with Gasteiger partial charge in [0.1, 0.15) is 5.92 Å². The van der Waals surface area contributed by atoms with Crippen LogP contribution in [0.3, 0.4) is 0 Å². The second kappa shape index (κ2) is 7.66. The second-order valence-corrected chi connectivity index (χ2v) is 4.28. The monoisotopic (exact) mass is 239 g/mol. The Hall–Kier alpha value is -1.57. The molecule has 0 aliphatic carbocycles. The van der Waals surface area contributed by atoms with Gasteiger partial charge in [-0.2, -0.15) is 5.26 Å². The largest absolute Gasteiger partial charge is 0.358 e. The van der Waals surface area contributed by atoms with Gasteiger partial charge in [-0.05, 0) is 12.3 Å². The van der Waals surface area contributed by atoms with E-state index in [1.54, 1.807) is 0 Å². The third-order valence-electron chi connectivity index (χ3n) is 2.49. The Labute approximate surface area is 103 Å². The van der Waals surface area contributed by atoms with Gasteiger partial charge in [-0.25, -0.2) is 0 Å². The lowest BCUT2D eigenvalue weighted by Crippen LogP contribution is -2.43. The summed E-state index contributed by atoms with van der Waals surface area (Å²) in [6.45, 7) is 6.11. The highest BCUT2D eigenvalue weighted by atomic mass is 16.2. The first-order valence-corrected chi connectivity index (χ1v) is 5.86. The number of rotatable bonds is 6. The van der Waals surface area contributed by atoms with Gasteiger partial charge >= 0.3 is 0 Å². The molecular weight excluding hydrogens is 218 g/mol. The van der Waals surface area contributed by atoms with Crippen LogP contribution in [0, 0.1) is 23.2 Å². The first-order valence-electron chi connectivity index (χ1n) is 5.86. The van der Waals surface area contributed by atoms with E-state index in [0.29, 0.717) is 6.54 Å². The van der Waals surface area contributed by atoms with Crippen molar-refractivity contribution in [1.29, 1.82) is 5.26 Å². The lowest BCUT2D eigenvalue weighted by atomic mass is 9.96. The van der Waals surface area contributed by atoms with Crippen molar-refractivity contribution < 1.29 is 9.59 Å². The van der Waals surface area contributed by atoms with E-state index in [0.717, 1.165) is 6.42 Å². The van der Waals surface area contributed by atoms with Gasteiger partial charge in [0.25, 0.3) is 0 Å². The van der Waals surface area contributed by atoms with Crippen molar-refractivity contribution in [3.63, 3.8) is 0 Å². The number of nitrogens with zero attached hydrogens (tertiary/aromatic N) is 2. The molecule has 0 aromatic rings. The number of hydrogen-bond donors (Lipinski definition) is 1. The molecule has 5 heteroatoms. The number of nitriles is 1. The van der Waals surface area contributed by atoms with Gasteiger partial charge in [0.2, 0.25) is 11.8 Å². The maximum absolute atomic E-state index is 12.1. The van der Waals surface area contributed by atoms with Gasteiger partial charge in [-0.15, -0.1) is 0 Å². The molecule has 0 aromatic carbocycles. The molecule has 0 rings (SSSR count). The molecule has 0 bridgehead atoms. The fraction of sp³-hybridized carbons (Fsp3) is 0.750. The summed E-state index contributed by atoms with van der Waals surface area (Å²) in [5.74, 6) is -1.19. The fourth-order valence-electron chi connectivity index (χ4n) is 1.48. The highest BCUT2D eigenvalue weighted by Gasteiger charge is 2.27. The van der Waals surface area contributed by atoms with E-state index < -0.39 is 5.92 Å². The standard InChI is InChI=1S/C12H21N3O2/c1-5-6-15(8-11(16)14-4)12(17)10(7-13)9(2)3/h9-10H,5-6,8H2,1-4H3,(H,14,16). The normalized spacial score (nSPS) is 11.8. The molecular formula is C12H21N3O2. The van der Waals surface area contributed by atoms with Gasteiger partial charge in [0.05, 0.1) is 12.6 Å². The summed E-state index contributed by atoms with van der Waals surface area (Å²) in [6.07, 6.45) is 0.763. The molecule has 0 aliphatic rings. The van der Waals surface area contributed by atoms with Crippen molar-refractivity contribution in [2.75, 3.05) is 20.1 Å². The minimum atomic E-state index is -0.675. The Balaban J connectivity index is 4.75. The third-order valence-corrected chi connectivity index (χ3v) is 2.49. The summed E-state index contributed by atoms with van der Waals surface area (Å²) >= 11 is 0. The number of carbonyl (C=O) groups excluding carboxylic acids is 2. The summed E-state index contributed by atoms with van der Waals surface area (Å²) < 4.78 is 0. The predicted molar refractivity (Wildman–Crippen MR) is 64.9 cm³/mol. The van der Waals surface area contributed by atoms with Crippen LogP contribution in [0.1, 0.15) is 27.2 Å². The molecule has 0 fully saturated rings. The molecule has 0 aromatic heterocycles. The molecule has 17 heavy (non-hydrogen) atoms. The van der Waals surface area contributed by atoms with Crippen molar-refractivity contribution in [1.82, 2.24) is 10.2 Å². The minimum Gasteiger partial charge on any atom is -0.358 e. The summed E-state index contributed by atoms with van der Waals surface area (Å²) in [7, 11) is 1.53. The lowest BCUT2D eigenvalue weighted by molar-refractivity contribution is -0.138. The number of nitrogens with one attached hydrogen (secondary N) is 1. The summed E-state index contributed by atoms with van der Waals surface area (Å²) in [5, 5.41) is 11.5. The van der Waals surface area contributed by atoms with Crippen LogP contribution in [0.5, 0.6) is 0 Å². The smallest absolute Gasteiger partial charge is 0.240 e. The van der Waals surface area contributed by atoms with Crippen LogP contribution in [0.15, 0.2) is 0 Å². The summed E-state index contributed by atoms with van der Waals surface area (Å²) in [6, 6.07) is 2.01. The van der Waals surface area contributed by atoms with Crippen molar-refractivity contribution in [2.24, 2.45) is 11.8 Å². The van der Waals surface area contributed by atoms with Crippen molar-refractivity contribution >= 4 is 11.8 Å². The molecule has 2 amide bonds. The van der Waals surface area contributed by atoms with E-state index >= 15 is 0 Å². The van der Waals surface area contributed by atoms with Crippen molar-refractivity contribution in [3.8, 4) is 6.07 Å². The molecule has 1 N–H and O–H groups in total. The fourth-order valence-corrected chi connectivity index (χ4v) is 1.48. The zero-order chi connectivity index (χ0) is 13.4. The average Bonchev–Trinajstić information content (AvgIpc) is 2.28. The van der Waals surface area contributed by atoms with Crippen LogP contribution in [-0.2, 0) is 9.59 Å². The lowest BCUT2D eigenvalue weighted by Gasteiger charge is -2.25. The van der Waals surface area contributed by atoms with Crippen LogP contribution in [-0.4, -0.2) is 36.9 Å². The molecule has 0 saturated carbocycles. The molecule has 0 heterocycles. The quantitative estimate of drug-likeness (QED) is 0.744. The molecule has 1 unspecified atom stereocenters. The van der Waals surface area contributed by atoms with Crippen LogP contribution in [0.25, 0.3) is 0 Å². The number of hydrogen-bond acceptors (Lipinski definition) is 3. The van der Waals surface area contributed by atoms with Gasteiger partial charge in [-0.1, -0.05) is 20.8 Å². The zero-order valence-corrected chi connectivity index (χ0v) is 11.0. The Morgan fingerprint density at radius 2 is 2.00 bits per heavy atom. The van der Waals surface area contributed by atoms with E-state index in [-0.39, 0.29) is 24.3 Å². The van der Waals surface area contributed by atoms with Crippen LogP contribution in [0.4, 0.5) is 0 Å². The van der Waals surface area contributed by atoms with Crippen LogP contribution < -0.4 is 5.32 Å². The average molecular weight is 239 g/mol. The third kappa shape index (κ3) is 4.85. The van der Waals surface area contributed by atoms with E-state index in [1.165, 1.54) is 11.9 Å². The van der Waals surface area contributed by atoms with E-state index in [1.807, 2.05) is 26.8 Å². The van der Waals surface area contributed by atoms with E-state index in [4.69, 9.17) is 5.26 Å². The summed E-state index contributed by atoms with van der Waals surface area (Å²) in [4.78, 5) is 24.8. The van der Waals surface area contributed by atoms with Gasteiger partial charge in [0.15, 0.2) is 0 Å². The predicted octanol–water partition coefficient (Wildman–Crippen LogP) is 0.767. The minimum absolute atomic E-state index is 0.0219. The van der Waals surface area contributed by atoms with Gasteiger partial charge in [-0.3, -0.25) is 9.59 Å². The van der Waals surface area contributed by atoms with E-state index in [9.17, 15) is 9.59 Å². The van der Waals surface area contributed by atoms with Gasteiger partial charge < -0.3 is 10.2 Å². The Bertz CT molecular complexity index is 307. The maximum atomic E-state index is 12.1. The van der Waals surface area contributed by atoms with E-state index in [2.05, 4.69) is 5.32 Å². The van der Waals surface area contributed by atoms with Gasteiger partial charge in [0, 0.05) is 13.6 Å². The van der Waals surface area contributed by atoms with Crippen molar-refractivity contribution in [3.05, 3.63) is 0 Å². The molecule has 0 aliphatic heterocycles. The first-order chi connectivity index (χ1) is 7.97. The first kappa shape index (κ1) is 15.4. The number of likely N-dealkylation sites (N-methyl/N-ethyl adjacent to an activating group) is 1. The Morgan fingerprint density at radius 3 is 2.35 bits per heavy atom. The van der Waals surface area contributed by atoms with Crippen molar-refractivity contribution in [2.45, 2.75) is 27.2 Å². The summed E-state index contributed by atoms with van der Waals surface area (Å²) in [5.41, 5.74) is 0. The highest BCUT2D eigenvalue weighted by molar-refractivity contribution is 5.87. The zero-order valence-electron chi connectivity index (χ0n) is 11.0. The molecule has 1 atom stereocenters.